The maximum atomic E-state index is 15.1. The van der Waals surface area contributed by atoms with Gasteiger partial charge in [0.2, 0.25) is 0 Å². The lowest BCUT2D eigenvalue weighted by atomic mass is 9.79. The molecular formula is C23H25F4N3O2. The average molecular weight is 451 g/mol. The molecule has 1 unspecified atom stereocenters. The van der Waals surface area contributed by atoms with Crippen molar-refractivity contribution >= 4 is 17.5 Å². The van der Waals surface area contributed by atoms with Crippen molar-refractivity contribution in [2.75, 3.05) is 18.4 Å². The van der Waals surface area contributed by atoms with Gasteiger partial charge in [0.1, 0.15) is 11.6 Å². The first kappa shape index (κ1) is 23.7. The van der Waals surface area contributed by atoms with Crippen molar-refractivity contribution < 1.29 is 27.2 Å². The fourth-order valence-corrected chi connectivity index (χ4v) is 3.69. The van der Waals surface area contributed by atoms with Gasteiger partial charge in [-0.15, -0.1) is 0 Å². The second-order valence-corrected chi connectivity index (χ2v) is 8.80. The van der Waals surface area contributed by atoms with Crippen molar-refractivity contribution in [2.24, 2.45) is 11.1 Å². The van der Waals surface area contributed by atoms with Gasteiger partial charge in [0.25, 0.3) is 11.8 Å². The zero-order valence-electron chi connectivity index (χ0n) is 18.0. The predicted octanol–water partition coefficient (Wildman–Crippen LogP) is 4.20. The normalized spacial score (nSPS) is 18.4. The molecule has 1 saturated heterocycles. The molecule has 1 heterocycles. The molecule has 1 fully saturated rings. The molecule has 0 bridgehead atoms. The van der Waals surface area contributed by atoms with E-state index in [-0.39, 0.29) is 35.9 Å². The summed E-state index contributed by atoms with van der Waals surface area (Å²) in [4.78, 5) is 26.1. The van der Waals surface area contributed by atoms with E-state index in [9.17, 15) is 18.4 Å². The summed E-state index contributed by atoms with van der Waals surface area (Å²) in [7, 11) is 0. The summed E-state index contributed by atoms with van der Waals surface area (Å²) in [6, 6.07) is 6.01. The fraction of sp³-hybridized carbons (Fsp3) is 0.391. The number of benzene rings is 2. The molecule has 1 aliphatic rings. The van der Waals surface area contributed by atoms with Crippen LogP contribution in [0.1, 0.15) is 41.8 Å². The van der Waals surface area contributed by atoms with Crippen LogP contribution in [0.4, 0.5) is 23.2 Å². The molecule has 0 spiro atoms. The van der Waals surface area contributed by atoms with Crippen molar-refractivity contribution in [2.45, 2.75) is 39.2 Å². The minimum atomic E-state index is -4.18. The van der Waals surface area contributed by atoms with Crippen LogP contribution in [0.3, 0.4) is 0 Å². The van der Waals surface area contributed by atoms with Crippen molar-refractivity contribution in [3.8, 4) is 0 Å². The third-order valence-electron chi connectivity index (χ3n) is 5.85. The van der Waals surface area contributed by atoms with Gasteiger partial charge in [0, 0.05) is 30.4 Å². The van der Waals surface area contributed by atoms with Gasteiger partial charge in [-0.2, -0.15) is 8.78 Å². The first-order valence-corrected chi connectivity index (χ1v) is 10.1. The number of amides is 2. The van der Waals surface area contributed by atoms with Gasteiger partial charge in [-0.3, -0.25) is 9.59 Å². The second-order valence-electron chi connectivity index (χ2n) is 8.80. The van der Waals surface area contributed by atoms with Crippen LogP contribution < -0.4 is 11.1 Å². The molecule has 9 heteroatoms. The summed E-state index contributed by atoms with van der Waals surface area (Å²) >= 11 is 0. The Balaban J connectivity index is 1.85. The smallest absolute Gasteiger partial charge is 0.336 e. The number of anilines is 1. The van der Waals surface area contributed by atoms with Crippen LogP contribution in [0, 0.1) is 24.0 Å². The number of carbonyl (C=O) groups is 2. The Labute approximate surface area is 183 Å². The number of hydrogen-bond donors (Lipinski definition) is 2. The van der Waals surface area contributed by atoms with E-state index in [1.165, 1.54) is 19.1 Å². The number of carbonyl (C=O) groups excluding carboxylic acids is 2. The maximum absolute atomic E-state index is 15.1. The van der Waals surface area contributed by atoms with Gasteiger partial charge in [0.05, 0.1) is 5.56 Å². The van der Waals surface area contributed by atoms with E-state index in [1.807, 2.05) is 0 Å². The van der Waals surface area contributed by atoms with E-state index in [1.54, 1.807) is 13.8 Å². The highest BCUT2D eigenvalue weighted by atomic mass is 19.3. The molecule has 0 saturated carbocycles. The maximum Gasteiger partial charge on any atom is 0.352 e. The molecule has 1 atom stereocenters. The van der Waals surface area contributed by atoms with Crippen LogP contribution in [0.15, 0.2) is 36.4 Å². The summed E-state index contributed by atoms with van der Waals surface area (Å²) < 4.78 is 57.9. The van der Waals surface area contributed by atoms with E-state index in [4.69, 9.17) is 5.73 Å². The highest BCUT2D eigenvalue weighted by Crippen LogP contribution is 2.36. The van der Waals surface area contributed by atoms with Crippen LogP contribution in [0.5, 0.6) is 0 Å². The Morgan fingerprint density at radius 2 is 1.78 bits per heavy atom. The third-order valence-corrected chi connectivity index (χ3v) is 5.85. The number of rotatable bonds is 4. The highest BCUT2D eigenvalue weighted by Gasteiger charge is 2.48. The second kappa shape index (κ2) is 8.54. The number of nitrogens with zero attached hydrogens (tertiary/aromatic N) is 1. The molecule has 0 radical (unpaired) electrons. The molecule has 2 aromatic carbocycles. The van der Waals surface area contributed by atoms with Crippen LogP contribution >= 0.6 is 0 Å². The zero-order valence-corrected chi connectivity index (χ0v) is 18.0. The van der Waals surface area contributed by atoms with Crippen LogP contribution in [0.2, 0.25) is 0 Å². The Morgan fingerprint density at radius 1 is 1.12 bits per heavy atom. The van der Waals surface area contributed by atoms with E-state index in [0.717, 1.165) is 23.1 Å². The fourth-order valence-electron chi connectivity index (χ4n) is 3.69. The van der Waals surface area contributed by atoms with Crippen molar-refractivity contribution in [1.82, 2.24) is 4.90 Å². The molecule has 0 aromatic heterocycles. The van der Waals surface area contributed by atoms with Gasteiger partial charge in [-0.25, -0.2) is 8.78 Å². The first-order valence-electron chi connectivity index (χ1n) is 10.1. The van der Waals surface area contributed by atoms with Crippen LogP contribution in [-0.4, -0.2) is 35.8 Å². The minimum Gasteiger partial charge on any atom is -0.336 e. The first-order chi connectivity index (χ1) is 14.8. The molecule has 3 rings (SSSR count). The average Bonchev–Trinajstić information content (AvgIpc) is 2.72. The lowest BCUT2D eigenvalue weighted by Gasteiger charge is -2.43. The summed E-state index contributed by atoms with van der Waals surface area (Å²) in [5, 5.41) is 2.45. The molecule has 172 valence electrons. The molecule has 2 amide bonds. The quantitative estimate of drug-likeness (QED) is 0.684. The monoisotopic (exact) mass is 451 g/mol. The molecular weight excluding hydrogens is 426 g/mol. The molecule has 0 aliphatic carbocycles. The van der Waals surface area contributed by atoms with E-state index < -0.39 is 40.3 Å². The molecule has 2 aromatic rings. The number of halogens is 4. The number of piperidine rings is 1. The van der Waals surface area contributed by atoms with Gasteiger partial charge in [0.15, 0.2) is 0 Å². The predicted molar refractivity (Wildman–Crippen MR) is 112 cm³/mol. The summed E-state index contributed by atoms with van der Waals surface area (Å²) in [6.07, 6.45) is 0.344. The van der Waals surface area contributed by atoms with Crippen LogP contribution in [-0.2, 0) is 10.7 Å². The van der Waals surface area contributed by atoms with E-state index in [2.05, 4.69) is 5.32 Å². The highest BCUT2D eigenvalue weighted by molar-refractivity contribution is 6.04. The summed E-state index contributed by atoms with van der Waals surface area (Å²) in [6.45, 7) is 5.09. The Kier molecular flexibility index (Phi) is 6.33. The third kappa shape index (κ3) is 4.62. The zero-order chi connectivity index (χ0) is 23.8. The summed E-state index contributed by atoms with van der Waals surface area (Å²) in [5.74, 6) is -8.28. The van der Waals surface area contributed by atoms with E-state index >= 15 is 8.78 Å². The van der Waals surface area contributed by atoms with Crippen molar-refractivity contribution in [3.63, 3.8) is 0 Å². The topological polar surface area (TPSA) is 75.4 Å². The lowest BCUT2D eigenvalue weighted by Crippen LogP contribution is -2.56. The summed E-state index contributed by atoms with van der Waals surface area (Å²) in [5.41, 5.74) is 4.51. The largest absolute Gasteiger partial charge is 0.352 e. The minimum absolute atomic E-state index is 0.00824. The SMILES string of the molecule is Cc1cc(NC(=O)c2ccc(F)c(C(F)(F)C(=O)N3CCC(N)C(C)(C)C3)c2)ccc1F. The van der Waals surface area contributed by atoms with E-state index in [0.29, 0.717) is 12.5 Å². The number of hydrogen-bond acceptors (Lipinski definition) is 3. The van der Waals surface area contributed by atoms with Crippen molar-refractivity contribution in [3.05, 3.63) is 64.7 Å². The Morgan fingerprint density at radius 3 is 2.41 bits per heavy atom. The van der Waals surface area contributed by atoms with Gasteiger partial charge < -0.3 is 16.0 Å². The van der Waals surface area contributed by atoms with Gasteiger partial charge in [-0.1, -0.05) is 13.8 Å². The molecule has 32 heavy (non-hydrogen) atoms. The molecule has 3 N–H and O–H groups in total. The van der Waals surface area contributed by atoms with Gasteiger partial charge >= 0.3 is 5.92 Å². The number of likely N-dealkylation sites (tertiary alicyclic amines) is 1. The number of nitrogens with one attached hydrogen (secondary N) is 1. The standard InChI is InChI=1S/C23H25F4N3O2/c1-13-10-15(5-7-17(13)24)29-20(31)14-4-6-18(25)16(11-14)23(26,27)21(32)30-9-8-19(28)22(2,3)12-30/h4-7,10-11,19H,8-9,12,28H2,1-3H3,(H,29,31). The van der Waals surface area contributed by atoms with Crippen LogP contribution in [0.25, 0.3) is 0 Å². The number of alkyl halides is 2. The van der Waals surface area contributed by atoms with Crippen molar-refractivity contribution in [1.29, 1.82) is 0 Å². The molecule has 5 nitrogen and oxygen atoms in total. The number of nitrogens with two attached hydrogens (primary N) is 1. The number of aryl methyl sites for hydroxylation is 1. The Hall–Kier alpha value is -2.94. The Bertz CT molecular complexity index is 1060. The molecule has 1 aliphatic heterocycles. The lowest BCUT2D eigenvalue weighted by molar-refractivity contribution is -0.163. The van der Waals surface area contributed by atoms with Gasteiger partial charge in [-0.05, 0) is 60.7 Å².